The molecule has 1 aliphatic rings. The maximum Gasteiger partial charge on any atom is 0.237 e. The van der Waals surface area contributed by atoms with Crippen molar-refractivity contribution < 1.29 is 14.3 Å². The topological polar surface area (TPSA) is 78.3 Å². The minimum absolute atomic E-state index is 0.131. The average molecular weight is 459 g/mol. The summed E-state index contributed by atoms with van der Waals surface area (Å²) in [5.41, 5.74) is 0.639. The summed E-state index contributed by atoms with van der Waals surface area (Å²) in [6, 6.07) is 15.0. The maximum atomic E-state index is 12.8. The second kappa shape index (κ2) is 9.62. The fourth-order valence-electron chi connectivity index (χ4n) is 3.08. The van der Waals surface area contributed by atoms with Gasteiger partial charge < -0.3 is 14.8 Å². The molecule has 0 radical (unpaired) electrons. The standard InChI is InChI=1S/C22H23ClN4O3S/c1-14(21(28)24-17-8-4-6-10-19(17)29-2)31-22-26-25-20(27(22)15-11-12-15)13-30-18-9-5-3-7-16(18)23/h3-10,14-15H,11-13H2,1-2H3,(H,24,28). The lowest BCUT2D eigenvalue weighted by atomic mass is 10.3. The average Bonchev–Trinajstić information content (AvgIpc) is 3.54. The molecule has 31 heavy (non-hydrogen) atoms. The van der Waals surface area contributed by atoms with Crippen molar-refractivity contribution in [3.05, 3.63) is 59.4 Å². The number of thioether (sulfide) groups is 1. The minimum atomic E-state index is -0.371. The third-order valence-electron chi connectivity index (χ3n) is 4.86. The van der Waals surface area contributed by atoms with Crippen LogP contribution in [0, 0.1) is 0 Å². The monoisotopic (exact) mass is 458 g/mol. The van der Waals surface area contributed by atoms with E-state index in [0.717, 1.165) is 18.7 Å². The number of carbonyl (C=O) groups excluding carboxylic acids is 1. The molecule has 1 unspecified atom stereocenters. The molecule has 1 saturated carbocycles. The van der Waals surface area contributed by atoms with Gasteiger partial charge in [-0.3, -0.25) is 9.36 Å². The van der Waals surface area contributed by atoms with E-state index >= 15 is 0 Å². The van der Waals surface area contributed by atoms with Crippen molar-refractivity contribution in [2.75, 3.05) is 12.4 Å². The number of methoxy groups -OCH3 is 1. The third kappa shape index (κ3) is 5.14. The van der Waals surface area contributed by atoms with Crippen molar-refractivity contribution in [1.29, 1.82) is 0 Å². The molecule has 1 amide bonds. The second-order valence-electron chi connectivity index (χ2n) is 7.17. The molecule has 1 heterocycles. The highest BCUT2D eigenvalue weighted by Crippen LogP contribution is 2.40. The minimum Gasteiger partial charge on any atom is -0.495 e. The number of nitrogens with one attached hydrogen (secondary N) is 1. The lowest BCUT2D eigenvalue weighted by Crippen LogP contribution is -2.23. The Balaban J connectivity index is 1.44. The highest BCUT2D eigenvalue weighted by Gasteiger charge is 2.31. The van der Waals surface area contributed by atoms with Crippen LogP contribution in [-0.4, -0.2) is 33.0 Å². The fourth-order valence-corrected chi connectivity index (χ4v) is 4.21. The van der Waals surface area contributed by atoms with Crippen LogP contribution >= 0.6 is 23.4 Å². The van der Waals surface area contributed by atoms with Gasteiger partial charge in [0.15, 0.2) is 11.0 Å². The van der Waals surface area contributed by atoms with E-state index in [9.17, 15) is 4.79 Å². The molecular weight excluding hydrogens is 436 g/mol. The number of aromatic nitrogens is 3. The molecule has 1 fully saturated rings. The number of halogens is 1. The van der Waals surface area contributed by atoms with Crippen molar-refractivity contribution in [3.8, 4) is 11.5 Å². The molecule has 2 aromatic carbocycles. The van der Waals surface area contributed by atoms with Crippen LogP contribution in [-0.2, 0) is 11.4 Å². The number of para-hydroxylation sites is 3. The van der Waals surface area contributed by atoms with Gasteiger partial charge in [-0.2, -0.15) is 0 Å². The van der Waals surface area contributed by atoms with Crippen LogP contribution in [0.25, 0.3) is 0 Å². The van der Waals surface area contributed by atoms with Gasteiger partial charge in [0.2, 0.25) is 5.91 Å². The molecule has 0 spiro atoms. The number of rotatable bonds is 9. The van der Waals surface area contributed by atoms with Crippen molar-refractivity contribution in [2.24, 2.45) is 0 Å². The van der Waals surface area contributed by atoms with E-state index in [0.29, 0.717) is 33.4 Å². The Bertz CT molecular complexity index is 1070. The largest absolute Gasteiger partial charge is 0.495 e. The van der Waals surface area contributed by atoms with Crippen LogP contribution in [0.3, 0.4) is 0 Å². The predicted molar refractivity (Wildman–Crippen MR) is 121 cm³/mol. The van der Waals surface area contributed by atoms with E-state index < -0.39 is 0 Å². The highest BCUT2D eigenvalue weighted by atomic mass is 35.5. The zero-order valence-electron chi connectivity index (χ0n) is 17.2. The van der Waals surface area contributed by atoms with Gasteiger partial charge in [0.05, 0.1) is 23.1 Å². The van der Waals surface area contributed by atoms with Crippen molar-refractivity contribution in [1.82, 2.24) is 14.8 Å². The van der Waals surface area contributed by atoms with Crippen LogP contribution in [0.2, 0.25) is 5.02 Å². The molecule has 1 aromatic heterocycles. The smallest absolute Gasteiger partial charge is 0.237 e. The Hall–Kier alpha value is -2.71. The summed E-state index contributed by atoms with van der Waals surface area (Å²) in [6.45, 7) is 2.11. The van der Waals surface area contributed by atoms with Gasteiger partial charge in [0.1, 0.15) is 18.1 Å². The number of hydrogen-bond donors (Lipinski definition) is 1. The van der Waals surface area contributed by atoms with Crippen molar-refractivity contribution in [2.45, 2.75) is 42.8 Å². The first-order valence-electron chi connectivity index (χ1n) is 9.98. The molecule has 1 aliphatic carbocycles. The fraction of sp³-hybridized carbons (Fsp3) is 0.318. The molecule has 0 bridgehead atoms. The van der Waals surface area contributed by atoms with E-state index in [1.165, 1.54) is 11.8 Å². The van der Waals surface area contributed by atoms with Gasteiger partial charge in [0.25, 0.3) is 0 Å². The number of ether oxygens (including phenoxy) is 2. The predicted octanol–water partition coefficient (Wildman–Crippen LogP) is 4.97. The van der Waals surface area contributed by atoms with Crippen LogP contribution in [0.4, 0.5) is 5.69 Å². The van der Waals surface area contributed by atoms with Gasteiger partial charge in [-0.1, -0.05) is 47.6 Å². The van der Waals surface area contributed by atoms with Gasteiger partial charge >= 0.3 is 0 Å². The Kier molecular flexibility index (Phi) is 6.67. The molecule has 0 aliphatic heterocycles. The van der Waals surface area contributed by atoms with E-state index in [4.69, 9.17) is 21.1 Å². The number of carbonyl (C=O) groups is 1. The second-order valence-corrected chi connectivity index (χ2v) is 8.88. The lowest BCUT2D eigenvalue weighted by molar-refractivity contribution is -0.115. The molecule has 9 heteroatoms. The molecular formula is C22H23ClN4O3S. The maximum absolute atomic E-state index is 12.8. The molecule has 7 nitrogen and oxygen atoms in total. The Morgan fingerprint density at radius 2 is 1.90 bits per heavy atom. The quantitative estimate of drug-likeness (QED) is 0.456. The van der Waals surface area contributed by atoms with Gasteiger partial charge in [-0.15, -0.1) is 10.2 Å². The summed E-state index contributed by atoms with van der Waals surface area (Å²) >= 11 is 7.56. The molecule has 1 atom stereocenters. The molecule has 1 N–H and O–H groups in total. The Morgan fingerprint density at radius 1 is 1.19 bits per heavy atom. The number of benzene rings is 2. The number of nitrogens with zero attached hydrogens (tertiary/aromatic N) is 3. The first-order chi connectivity index (χ1) is 15.1. The summed E-state index contributed by atoms with van der Waals surface area (Å²) in [7, 11) is 1.58. The number of anilines is 1. The Morgan fingerprint density at radius 3 is 2.61 bits per heavy atom. The summed E-state index contributed by atoms with van der Waals surface area (Å²) in [4.78, 5) is 12.8. The zero-order valence-corrected chi connectivity index (χ0v) is 18.8. The van der Waals surface area contributed by atoms with E-state index in [2.05, 4.69) is 20.1 Å². The van der Waals surface area contributed by atoms with E-state index in [-0.39, 0.29) is 17.8 Å². The van der Waals surface area contributed by atoms with Crippen LogP contribution < -0.4 is 14.8 Å². The van der Waals surface area contributed by atoms with Crippen molar-refractivity contribution in [3.63, 3.8) is 0 Å². The van der Waals surface area contributed by atoms with Crippen LogP contribution in [0.15, 0.2) is 53.7 Å². The van der Waals surface area contributed by atoms with Gasteiger partial charge in [-0.05, 0) is 44.0 Å². The number of amides is 1. The third-order valence-corrected chi connectivity index (χ3v) is 6.23. The normalized spacial score (nSPS) is 14.2. The summed E-state index contributed by atoms with van der Waals surface area (Å²) in [6.07, 6.45) is 2.12. The molecule has 162 valence electrons. The zero-order chi connectivity index (χ0) is 21.8. The molecule has 0 saturated heterocycles. The SMILES string of the molecule is COc1ccccc1NC(=O)C(C)Sc1nnc(COc2ccccc2Cl)n1C1CC1. The van der Waals surface area contributed by atoms with Gasteiger partial charge in [-0.25, -0.2) is 0 Å². The summed E-state index contributed by atoms with van der Waals surface area (Å²) < 4.78 is 13.2. The number of hydrogen-bond acceptors (Lipinski definition) is 6. The lowest BCUT2D eigenvalue weighted by Gasteiger charge is -2.15. The highest BCUT2D eigenvalue weighted by molar-refractivity contribution is 8.00. The molecule has 3 aromatic rings. The first-order valence-corrected chi connectivity index (χ1v) is 11.2. The summed E-state index contributed by atoms with van der Waals surface area (Å²) in [5.74, 6) is 1.82. The molecule has 4 rings (SSSR count). The van der Waals surface area contributed by atoms with Gasteiger partial charge in [0, 0.05) is 6.04 Å². The van der Waals surface area contributed by atoms with Crippen LogP contribution in [0.5, 0.6) is 11.5 Å². The van der Waals surface area contributed by atoms with E-state index in [1.54, 1.807) is 13.2 Å². The van der Waals surface area contributed by atoms with Crippen LogP contribution in [0.1, 0.15) is 31.6 Å². The first kappa shape index (κ1) is 21.5. The summed E-state index contributed by atoms with van der Waals surface area (Å²) in [5, 5.41) is 12.5. The van der Waals surface area contributed by atoms with E-state index in [1.807, 2.05) is 49.4 Å². The van der Waals surface area contributed by atoms with Crippen molar-refractivity contribution >= 4 is 35.0 Å². The Labute approximate surface area is 190 Å².